The molecule has 2 rings (SSSR count). The highest BCUT2D eigenvalue weighted by Crippen LogP contribution is 2.34. The van der Waals surface area contributed by atoms with Crippen molar-refractivity contribution in [1.29, 1.82) is 0 Å². The lowest BCUT2D eigenvalue weighted by Crippen LogP contribution is -2.22. The van der Waals surface area contributed by atoms with Gasteiger partial charge in [0.05, 0.1) is 15.5 Å². The Kier molecular flexibility index (Phi) is 4.23. The number of halogens is 2. The summed E-state index contributed by atoms with van der Waals surface area (Å²) >= 11 is 6.65. The third kappa shape index (κ3) is 3.02. The zero-order chi connectivity index (χ0) is 13.1. The molecule has 0 radical (unpaired) electrons. The molecule has 0 bridgehead atoms. The molecule has 1 aliphatic rings. The highest BCUT2D eigenvalue weighted by molar-refractivity contribution is 9.11. The molecule has 5 nitrogen and oxygen atoms in total. The fourth-order valence-electron chi connectivity index (χ4n) is 1.49. The fraction of sp³-hybridized carbons (Fsp3) is 0.273. The average molecular weight is 379 g/mol. The van der Waals surface area contributed by atoms with Gasteiger partial charge in [-0.1, -0.05) is 0 Å². The molecule has 0 saturated carbocycles. The molecule has 1 amide bonds. The lowest BCUT2D eigenvalue weighted by atomic mass is 10.2. The molecular weight excluding hydrogens is 370 g/mol. The lowest BCUT2D eigenvalue weighted by Gasteiger charge is -2.13. The Labute approximate surface area is 120 Å². The number of alkyl carbamates (subject to hydrolysis) is 1. The van der Waals surface area contributed by atoms with E-state index >= 15 is 0 Å². The first-order valence-electron chi connectivity index (χ1n) is 5.11. The topological polar surface area (TPSA) is 64.6 Å². The number of aldehydes is 1. The van der Waals surface area contributed by atoms with E-state index in [2.05, 4.69) is 37.2 Å². The summed E-state index contributed by atoms with van der Waals surface area (Å²) in [6.45, 7) is 0.677. The number of carbonyl (C=O) groups excluding carboxylic acids is 2. The van der Waals surface area contributed by atoms with Gasteiger partial charge in [-0.2, -0.15) is 0 Å². The first-order chi connectivity index (χ1) is 8.60. The summed E-state index contributed by atoms with van der Waals surface area (Å²) in [5.74, 6) is 0.573. The van der Waals surface area contributed by atoms with Crippen LogP contribution >= 0.6 is 31.9 Å². The molecule has 1 fully saturated rings. The van der Waals surface area contributed by atoms with Crippen LogP contribution in [0.15, 0.2) is 21.1 Å². The van der Waals surface area contributed by atoms with E-state index in [1.54, 1.807) is 12.1 Å². The molecule has 18 heavy (non-hydrogen) atoms. The van der Waals surface area contributed by atoms with Crippen LogP contribution < -0.4 is 10.1 Å². The average Bonchev–Trinajstić information content (AvgIpc) is 2.73. The Morgan fingerprint density at radius 1 is 1.44 bits per heavy atom. The number of hydrogen-bond donors (Lipinski definition) is 1. The minimum Gasteiger partial charge on any atom is -0.487 e. The van der Waals surface area contributed by atoms with Gasteiger partial charge in [-0.05, 0) is 44.0 Å². The summed E-state index contributed by atoms with van der Waals surface area (Å²) < 4.78 is 11.8. The Morgan fingerprint density at radius 2 is 2.11 bits per heavy atom. The third-order valence-corrected chi connectivity index (χ3v) is 3.50. The quantitative estimate of drug-likeness (QED) is 0.817. The Balaban J connectivity index is 2.05. The number of hydrogen-bond acceptors (Lipinski definition) is 4. The van der Waals surface area contributed by atoms with Crippen LogP contribution in [0.25, 0.3) is 0 Å². The Morgan fingerprint density at radius 3 is 2.61 bits per heavy atom. The van der Waals surface area contributed by atoms with Crippen LogP contribution in [0, 0.1) is 0 Å². The van der Waals surface area contributed by atoms with Crippen molar-refractivity contribution in [2.24, 2.45) is 0 Å². The van der Waals surface area contributed by atoms with Gasteiger partial charge in [-0.15, -0.1) is 0 Å². The zero-order valence-electron chi connectivity index (χ0n) is 9.11. The molecule has 0 aromatic heterocycles. The van der Waals surface area contributed by atoms with Crippen LogP contribution in [-0.4, -0.2) is 31.6 Å². The van der Waals surface area contributed by atoms with Gasteiger partial charge in [0.15, 0.2) is 6.10 Å². The summed E-state index contributed by atoms with van der Waals surface area (Å²) in [4.78, 5) is 21.5. The van der Waals surface area contributed by atoms with Gasteiger partial charge in [0, 0.05) is 5.56 Å². The summed E-state index contributed by atoms with van der Waals surface area (Å²) in [7, 11) is 0. The van der Waals surface area contributed by atoms with Crippen molar-refractivity contribution in [3.05, 3.63) is 26.6 Å². The molecule has 1 unspecified atom stereocenters. The molecule has 96 valence electrons. The summed E-state index contributed by atoms with van der Waals surface area (Å²) in [5, 5.41) is 2.54. The second kappa shape index (κ2) is 5.71. The van der Waals surface area contributed by atoms with E-state index in [1.165, 1.54) is 0 Å². The van der Waals surface area contributed by atoms with Crippen molar-refractivity contribution in [3.63, 3.8) is 0 Å². The van der Waals surface area contributed by atoms with Crippen molar-refractivity contribution < 1.29 is 19.1 Å². The summed E-state index contributed by atoms with van der Waals surface area (Å²) in [5.41, 5.74) is 0.537. The van der Waals surface area contributed by atoms with E-state index in [1.807, 2.05) is 0 Å². The van der Waals surface area contributed by atoms with Gasteiger partial charge in [0.2, 0.25) is 0 Å². The van der Waals surface area contributed by atoms with E-state index in [9.17, 15) is 9.59 Å². The Hall–Kier alpha value is -1.08. The predicted molar refractivity (Wildman–Crippen MR) is 71.0 cm³/mol. The zero-order valence-corrected chi connectivity index (χ0v) is 12.3. The van der Waals surface area contributed by atoms with Gasteiger partial charge in [-0.25, -0.2) is 4.79 Å². The van der Waals surface area contributed by atoms with Gasteiger partial charge in [0.1, 0.15) is 18.6 Å². The molecule has 0 aliphatic carbocycles. The predicted octanol–water partition coefficient (Wildman–Crippen LogP) is 2.51. The minimum atomic E-state index is -0.432. The number of carbonyl (C=O) groups is 2. The monoisotopic (exact) mass is 377 g/mol. The van der Waals surface area contributed by atoms with E-state index in [0.717, 1.165) is 6.29 Å². The lowest BCUT2D eigenvalue weighted by molar-refractivity contribution is 0.104. The molecule has 0 spiro atoms. The number of nitrogens with one attached hydrogen (secondary N) is 1. The molecule has 1 N–H and O–H groups in total. The molecule has 1 aromatic carbocycles. The maximum Gasteiger partial charge on any atom is 0.407 e. The van der Waals surface area contributed by atoms with E-state index < -0.39 is 6.09 Å². The third-order valence-electron chi connectivity index (χ3n) is 2.32. The molecule has 1 atom stereocenters. The number of rotatable bonds is 4. The molecule has 7 heteroatoms. The first-order valence-corrected chi connectivity index (χ1v) is 6.70. The van der Waals surface area contributed by atoms with Crippen molar-refractivity contribution in [1.82, 2.24) is 5.32 Å². The van der Waals surface area contributed by atoms with Crippen LogP contribution in [0.3, 0.4) is 0 Å². The van der Waals surface area contributed by atoms with E-state index in [0.29, 0.717) is 26.8 Å². The molecule has 1 aliphatic heterocycles. The molecule has 1 saturated heterocycles. The Bertz CT molecular complexity index is 469. The van der Waals surface area contributed by atoms with Crippen molar-refractivity contribution in [3.8, 4) is 5.75 Å². The standard InChI is InChI=1S/C11H9Br2NO4/c12-8-1-6(4-15)2-9(13)10(8)17-5-7-3-14-11(16)18-7/h1-2,4,7H,3,5H2,(H,14,16). The maximum atomic E-state index is 10.8. The second-order valence-electron chi connectivity index (χ2n) is 3.65. The van der Waals surface area contributed by atoms with Crippen LogP contribution in [0.4, 0.5) is 4.79 Å². The minimum absolute atomic E-state index is 0.246. The van der Waals surface area contributed by atoms with Crippen molar-refractivity contribution >= 4 is 44.2 Å². The smallest absolute Gasteiger partial charge is 0.407 e. The van der Waals surface area contributed by atoms with Crippen molar-refractivity contribution in [2.75, 3.05) is 13.2 Å². The molecule has 1 heterocycles. The highest BCUT2D eigenvalue weighted by Gasteiger charge is 2.23. The van der Waals surface area contributed by atoms with Crippen LogP contribution in [0.2, 0.25) is 0 Å². The molecule has 1 aromatic rings. The van der Waals surface area contributed by atoms with Crippen LogP contribution in [0.5, 0.6) is 5.75 Å². The largest absolute Gasteiger partial charge is 0.487 e. The fourth-order valence-corrected chi connectivity index (χ4v) is 2.94. The molecular formula is C11H9Br2NO4. The number of benzene rings is 1. The van der Waals surface area contributed by atoms with Crippen LogP contribution in [0.1, 0.15) is 10.4 Å². The second-order valence-corrected chi connectivity index (χ2v) is 5.36. The highest BCUT2D eigenvalue weighted by atomic mass is 79.9. The van der Waals surface area contributed by atoms with Crippen LogP contribution in [-0.2, 0) is 4.74 Å². The number of ether oxygens (including phenoxy) is 2. The van der Waals surface area contributed by atoms with Crippen molar-refractivity contribution in [2.45, 2.75) is 6.10 Å². The first kappa shape index (κ1) is 13.4. The van der Waals surface area contributed by atoms with E-state index in [4.69, 9.17) is 9.47 Å². The SMILES string of the molecule is O=Cc1cc(Br)c(OCC2CNC(=O)O2)c(Br)c1. The number of amides is 1. The maximum absolute atomic E-state index is 10.8. The van der Waals surface area contributed by atoms with Gasteiger partial charge < -0.3 is 14.8 Å². The van der Waals surface area contributed by atoms with E-state index in [-0.39, 0.29) is 12.7 Å². The van der Waals surface area contributed by atoms with Gasteiger partial charge >= 0.3 is 6.09 Å². The summed E-state index contributed by atoms with van der Waals surface area (Å²) in [6.07, 6.45) is 0.0159. The number of cyclic esters (lactones) is 1. The summed E-state index contributed by atoms with van der Waals surface area (Å²) in [6, 6.07) is 3.32. The van der Waals surface area contributed by atoms with Gasteiger partial charge in [0.25, 0.3) is 0 Å². The normalized spacial score (nSPS) is 18.1. The van der Waals surface area contributed by atoms with Gasteiger partial charge in [-0.3, -0.25) is 4.79 Å².